The molecule has 0 unspecified atom stereocenters. The number of halogens is 1. The van der Waals surface area contributed by atoms with E-state index in [1.54, 1.807) is 6.07 Å². The number of benzene rings is 2. The maximum atomic E-state index is 13.2. The zero-order chi connectivity index (χ0) is 12.5. The molecular formula is C15H10FNO. The van der Waals surface area contributed by atoms with Crippen molar-refractivity contribution >= 4 is 10.9 Å². The van der Waals surface area contributed by atoms with E-state index >= 15 is 0 Å². The molecule has 1 N–H and O–H groups in total. The highest BCUT2D eigenvalue weighted by molar-refractivity contribution is 5.93. The number of hydrogen-bond acceptors (Lipinski definition) is 1. The Morgan fingerprint density at radius 2 is 1.72 bits per heavy atom. The second-order valence-electron chi connectivity index (χ2n) is 4.08. The van der Waals surface area contributed by atoms with Gasteiger partial charge in [-0.2, -0.15) is 0 Å². The Bertz CT molecular complexity index is 762. The first-order chi connectivity index (χ1) is 8.75. The summed E-state index contributed by atoms with van der Waals surface area (Å²) in [7, 11) is 0. The van der Waals surface area contributed by atoms with Gasteiger partial charge in [-0.25, -0.2) is 4.39 Å². The largest absolute Gasteiger partial charge is 0.319 e. The molecule has 3 rings (SSSR count). The summed E-state index contributed by atoms with van der Waals surface area (Å²) in [4.78, 5) is 14.0. The lowest BCUT2D eigenvalue weighted by atomic mass is 10.0. The van der Waals surface area contributed by atoms with Gasteiger partial charge in [0.25, 0.3) is 5.56 Å². The molecule has 0 aliphatic heterocycles. The summed E-state index contributed by atoms with van der Waals surface area (Å²) >= 11 is 0. The molecule has 1 heterocycles. The maximum Gasteiger partial charge on any atom is 0.284 e. The van der Waals surface area contributed by atoms with Crippen molar-refractivity contribution in [2.75, 3.05) is 0 Å². The maximum absolute atomic E-state index is 13.2. The molecule has 0 atom stereocenters. The number of aromatic amines is 1. The van der Waals surface area contributed by atoms with Crippen LogP contribution in [0.15, 0.2) is 59.4 Å². The number of fused-ring (bicyclic) bond motifs is 1. The number of rotatable bonds is 1. The average molecular weight is 239 g/mol. The molecule has 2 nitrogen and oxygen atoms in total. The molecule has 0 saturated carbocycles. The number of hydrogen-bond donors (Lipinski definition) is 1. The number of para-hydroxylation sites is 1. The minimum atomic E-state index is -0.757. The van der Waals surface area contributed by atoms with E-state index in [9.17, 15) is 9.18 Å². The van der Waals surface area contributed by atoms with Gasteiger partial charge in [0.05, 0.1) is 5.52 Å². The van der Waals surface area contributed by atoms with Crippen LogP contribution < -0.4 is 5.56 Å². The standard InChI is InChI=1S/C15H10FNO/c16-13-9-11-7-4-8-12(14(11)17-15(13)18)10-5-2-1-3-6-10/h1-9H,(H,17,18). The van der Waals surface area contributed by atoms with E-state index in [0.717, 1.165) is 11.1 Å². The van der Waals surface area contributed by atoms with Gasteiger partial charge in [-0.15, -0.1) is 0 Å². The summed E-state index contributed by atoms with van der Waals surface area (Å²) in [5.74, 6) is -0.757. The van der Waals surface area contributed by atoms with Crippen molar-refractivity contribution < 1.29 is 4.39 Å². The molecule has 0 aliphatic carbocycles. The van der Waals surface area contributed by atoms with Gasteiger partial charge >= 0.3 is 0 Å². The molecule has 0 radical (unpaired) electrons. The molecule has 2 aromatic carbocycles. The average Bonchev–Trinajstić information content (AvgIpc) is 2.40. The molecule has 1 aromatic heterocycles. The number of aromatic nitrogens is 1. The van der Waals surface area contributed by atoms with E-state index in [1.807, 2.05) is 42.5 Å². The van der Waals surface area contributed by atoms with Crippen molar-refractivity contribution in [1.29, 1.82) is 0 Å². The topological polar surface area (TPSA) is 32.9 Å². The van der Waals surface area contributed by atoms with Crippen molar-refractivity contribution in [1.82, 2.24) is 4.98 Å². The van der Waals surface area contributed by atoms with Crippen LogP contribution in [0.1, 0.15) is 0 Å². The van der Waals surface area contributed by atoms with E-state index in [0.29, 0.717) is 10.9 Å². The molecule has 0 bridgehead atoms. The van der Waals surface area contributed by atoms with Crippen LogP contribution in [0.5, 0.6) is 0 Å². The molecule has 3 aromatic rings. The smallest absolute Gasteiger partial charge is 0.284 e. The van der Waals surface area contributed by atoms with Crippen molar-refractivity contribution in [3.63, 3.8) is 0 Å². The van der Waals surface area contributed by atoms with Gasteiger partial charge in [0.1, 0.15) is 0 Å². The number of nitrogens with one attached hydrogen (secondary N) is 1. The predicted octanol–water partition coefficient (Wildman–Crippen LogP) is 3.33. The lowest BCUT2D eigenvalue weighted by Crippen LogP contribution is -2.10. The monoisotopic (exact) mass is 239 g/mol. The lowest BCUT2D eigenvalue weighted by molar-refractivity contribution is 0.612. The highest BCUT2D eigenvalue weighted by Gasteiger charge is 2.06. The Kier molecular flexibility index (Phi) is 2.45. The normalized spacial score (nSPS) is 10.7. The molecule has 0 amide bonds. The minimum absolute atomic E-state index is 0.662. The fourth-order valence-electron chi connectivity index (χ4n) is 2.06. The van der Waals surface area contributed by atoms with Crippen LogP contribution in [-0.4, -0.2) is 4.98 Å². The molecule has 88 valence electrons. The molecule has 0 spiro atoms. The van der Waals surface area contributed by atoms with Crippen molar-refractivity contribution in [2.45, 2.75) is 0 Å². The van der Waals surface area contributed by atoms with E-state index < -0.39 is 11.4 Å². The zero-order valence-corrected chi connectivity index (χ0v) is 9.48. The van der Waals surface area contributed by atoms with Crippen LogP contribution in [0.25, 0.3) is 22.0 Å². The fraction of sp³-hybridized carbons (Fsp3) is 0. The van der Waals surface area contributed by atoms with Crippen LogP contribution in [-0.2, 0) is 0 Å². The van der Waals surface area contributed by atoms with Gasteiger partial charge in [-0.1, -0.05) is 48.5 Å². The van der Waals surface area contributed by atoms with Crippen LogP contribution in [0, 0.1) is 5.82 Å². The third-order valence-electron chi connectivity index (χ3n) is 2.92. The highest BCUT2D eigenvalue weighted by atomic mass is 19.1. The summed E-state index contributed by atoms with van der Waals surface area (Å²) in [6, 6.07) is 16.5. The summed E-state index contributed by atoms with van der Waals surface area (Å²) in [6.07, 6.45) is 0. The van der Waals surface area contributed by atoms with Crippen LogP contribution in [0.2, 0.25) is 0 Å². The second-order valence-corrected chi connectivity index (χ2v) is 4.08. The van der Waals surface area contributed by atoms with Gasteiger partial charge in [-0.05, 0) is 11.6 Å². The highest BCUT2D eigenvalue weighted by Crippen LogP contribution is 2.26. The number of pyridine rings is 1. The Morgan fingerprint density at radius 3 is 2.50 bits per heavy atom. The van der Waals surface area contributed by atoms with Gasteiger partial charge < -0.3 is 4.98 Å². The molecular weight excluding hydrogens is 229 g/mol. The third kappa shape index (κ3) is 1.70. The Morgan fingerprint density at radius 1 is 0.944 bits per heavy atom. The lowest BCUT2D eigenvalue weighted by Gasteiger charge is -2.06. The SMILES string of the molecule is O=c1[nH]c2c(-c3ccccc3)cccc2cc1F. The van der Waals surface area contributed by atoms with E-state index in [2.05, 4.69) is 4.98 Å². The van der Waals surface area contributed by atoms with Crippen LogP contribution >= 0.6 is 0 Å². The van der Waals surface area contributed by atoms with Gasteiger partial charge in [0.15, 0.2) is 5.82 Å². The first-order valence-electron chi connectivity index (χ1n) is 5.63. The predicted molar refractivity (Wildman–Crippen MR) is 70.0 cm³/mol. The third-order valence-corrected chi connectivity index (χ3v) is 2.92. The van der Waals surface area contributed by atoms with E-state index in [1.165, 1.54) is 6.07 Å². The summed E-state index contributed by atoms with van der Waals surface area (Å²) < 4.78 is 13.2. The van der Waals surface area contributed by atoms with Gasteiger partial charge in [-0.3, -0.25) is 4.79 Å². The van der Waals surface area contributed by atoms with Gasteiger partial charge in [0.2, 0.25) is 0 Å². The quantitative estimate of drug-likeness (QED) is 0.694. The molecule has 18 heavy (non-hydrogen) atoms. The summed E-state index contributed by atoms with van der Waals surface area (Å²) in [6.45, 7) is 0. The van der Waals surface area contributed by atoms with E-state index in [4.69, 9.17) is 0 Å². The van der Waals surface area contributed by atoms with Crippen LogP contribution in [0.4, 0.5) is 4.39 Å². The van der Waals surface area contributed by atoms with E-state index in [-0.39, 0.29) is 0 Å². The minimum Gasteiger partial charge on any atom is -0.319 e. The number of H-pyrrole nitrogens is 1. The summed E-state index contributed by atoms with van der Waals surface area (Å²) in [5, 5.41) is 0.688. The summed E-state index contributed by atoms with van der Waals surface area (Å²) in [5.41, 5.74) is 1.86. The molecule has 0 saturated heterocycles. The Balaban J connectivity index is 2.37. The fourth-order valence-corrected chi connectivity index (χ4v) is 2.06. The van der Waals surface area contributed by atoms with Crippen LogP contribution in [0.3, 0.4) is 0 Å². The van der Waals surface area contributed by atoms with Crippen molar-refractivity contribution in [2.24, 2.45) is 0 Å². The second kappa shape index (κ2) is 4.11. The van der Waals surface area contributed by atoms with Crippen molar-refractivity contribution in [3.8, 4) is 11.1 Å². The first-order valence-corrected chi connectivity index (χ1v) is 5.63. The zero-order valence-electron chi connectivity index (χ0n) is 9.48. The van der Waals surface area contributed by atoms with Crippen molar-refractivity contribution in [3.05, 3.63) is 70.8 Å². The first kappa shape index (κ1) is 10.7. The Hall–Kier alpha value is -2.42. The molecule has 0 fully saturated rings. The van der Waals surface area contributed by atoms with Gasteiger partial charge in [0, 0.05) is 10.9 Å². The molecule has 3 heteroatoms. The molecule has 0 aliphatic rings. The Labute approximate surface area is 103 Å².